The lowest BCUT2D eigenvalue weighted by atomic mass is 10.1. The molecule has 1 aromatic heterocycles. The summed E-state index contributed by atoms with van der Waals surface area (Å²) in [5.41, 5.74) is 6.45. The van der Waals surface area contributed by atoms with Gasteiger partial charge in [-0.15, -0.1) is 0 Å². The van der Waals surface area contributed by atoms with E-state index in [1.807, 2.05) is 0 Å². The number of non-ortho nitro benzene ring substituents is 1. The van der Waals surface area contributed by atoms with Crippen LogP contribution in [0.3, 0.4) is 0 Å². The van der Waals surface area contributed by atoms with Crippen LogP contribution in [0.15, 0.2) is 40.8 Å². The minimum Gasteiger partial charge on any atom is -0.465 e. The van der Waals surface area contributed by atoms with Gasteiger partial charge in [0, 0.05) is 24.1 Å². The fourth-order valence-electron chi connectivity index (χ4n) is 1.94. The number of nitrogens with zero attached hydrogens (tertiary/aromatic N) is 1. The van der Waals surface area contributed by atoms with E-state index in [0.717, 1.165) is 0 Å². The highest BCUT2D eigenvalue weighted by Gasteiger charge is 2.17. The second-order valence-electron chi connectivity index (χ2n) is 4.63. The lowest BCUT2D eigenvalue weighted by Crippen LogP contribution is -2.34. The van der Waals surface area contributed by atoms with Crippen molar-refractivity contribution in [3.05, 3.63) is 52.3 Å². The first kappa shape index (κ1) is 15.7. The number of ether oxygens (including phenoxy) is 1. The van der Waals surface area contributed by atoms with Gasteiger partial charge in [0.05, 0.1) is 11.5 Å². The highest BCUT2D eigenvalue weighted by atomic mass is 16.6. The fourth-order valence-corrected chi connectivity index (χ4v) is 1.94. The van der Waals surface area contributed by atoms with E-state index in [4.69, 9.17) is 14.9 Å². The highest BCUT2D eigenvalue weighted by molar-refractivity contribution is 5.75. The molecular weight excluding hydrogens is 288 g/mol. The lowest BCUT2D eigenvalue weighted by molar-refractivity contribution is -0.384. The van der Waals surface area contributed by atoms with Crippen LogP contribution in [0.25, 0.3) is 11.3 Å². The van der Waals surface area contributed by atoms with Crippen molar-refractivity contribution >= 4 is 11.7 Å². The molecule has 0 fully saturated rings. The molecule has 0 saturated carbocycles. The third-order valence-electron chi connectivity index (χ3n) is 3.03. The average molecular weight is 304 g/mol. The van der Waals surface area contributed by atoms with Gasteiger partial charge < -0.3 is 14.9 Å². The van der Waals surface area contributed by atoms with Crippen molar-refractivity contribution in [2.45, 2.75) is 19.4 Å². The van der Waals surface area contributed by atoms with Crippen LogP contribution in [0, 0.1) is 10.1 Å². The Hall–Kier alpha value is -2.67. The summed E-state index contributed by atoms with van der Waals surface area (Å²) in [5.74, 6) is 0.630. The molecule has 0 saturated heterocycles. The van der Waals surface area contributed by atoms with Crippen molar-refractivity contribution in [2.75, 3.05) is 6.61 Å². The molecule has 2 aromatic rings. The van der Waals surface area contributed by atoms with E-state index in [-0.39, 0.29) is 18.7 Å². The molecule has 1 unspecified atom stereocenters. The second kappa shape index (κ2) is 6.86. The molecule has 22 heavy (non-hydrogen) atoms. The summed E-state index contributed by atoms with van der Waals surface area (Å²) >= 11 is 0. The smallest absolute Gasteiger partial charge is 0.323 e. The topological polar surface area (TPSA) is 109 Å². The van der Waals surface area contributed by atoms with E-state index in [2.05, 4.69) is 0 Å². The van der Waals surface area contributed by atoms with Crippen molar-refractivity contribution in [1.82, 2.24) is 0 Å². The lowest BCUT2D eigenvalue weighted by Gasteiger charge is -2.08. The first-order chi connectivity index (χ1) is 10.5. The largest absolute Gasteiger partial charge is 0.465 e. The molecule has 0 aliphatic carbocycles. The quantitative estimate of drug-likeness (QED) is 0.498. The van der Waals surface area contributed by atoms with E-state index in [1.165, 1.54) is 12.1 Å². The zero-order valence-electron chi connectivity index (χ0n) is 12.0. The molecule has 0 radical (unpaired) electrons. The predicted molar refractivity (Wildman–Crippen MR) is 79.1 cm³/mol. The summed E-state index contributed by atoms with van der Waals surface area (Å²) in [6.07, 6.45) is 0.228. The van der Waals surface area contributed by atoms with E-state index in [1.54, 1.807) is 31.2 Å². The first-order valence-electron chi connectivity index (χ1n) is 6.77. The maximum Gasteiger partial charge on any atom is 0.323 e. The van der Waals surface area contributed by atoms with Crippen LogP contribution in [0.1, 0.15) is 12.7 Å². The van der Waals surface area contributed by atoms with Gasteiger partial charge in [-0.2, -0.15) is 0 Å². The van der Waals surface area contributed by atoms with Crippen LogP contribution >= 0.6 is 0 Å². The number of rotatable bonds is 6. The summed E-state index contributed by atoms with van der Waals surface area (Å²) in [7, 11) is 0. The molecule has 1 aromatic carbocycles. The number of hydrogen-bond acceptors (Lipinski definition) is 6. The van der Waals surface area contributed by atoms with E-state index in [9.17, 15) is 14.9 Å². The normalized spacial score (nSPS) is 11.9. The molecular formula is C15H16N2O5. The highest BCUT2D eigenvalue weighted by Crippen LogP contribution is 2.24. The number of carbonyl (C=O) groups is 1. The minimum absolute atomic E-state index is 0.0138. The maximum atomic E-state index is 11.5. The molecule has 1 atom stereocenters. The zero-order valence-corrected chi connectivity index (χ0v) is 12.0. The van der Waals surface area contributed by atoms with Crippen molar-refractivity contribution in [3.8, 4) is 11.3 Å². The molecule has 7 heteroatoms. The van der Waals surface area contributed by atoms with Gasteiger partial charge >= 0.3 is 5.97 Å². The number of hydrogen-bond donors (Lipinski definition) is 1. The Labute approximate surface area is 126 Å². The number of furan rings is 1. The van der Waals surface area contributed by atoms with Crippen LogP contribution < -0.4 is 5.73 Å². The van der Waals surface area contributed by atoms with E-state index >= 15 is 0 Å². The Morgan fingerprint density at radius 1 is 1.32 bits per heavy atom. The maximum absolute atomic E-state index is 11.5. The number of carbonyl (C=O) groups excluding carboxylic acids is 1. The van der Waals surface area contributed by atoms with Crippen molar-refractivity contribution < 1.29 is 18.9 Å². The van der Waals surface area contributed by atoms with Gasteiger partial charge in [0.15, 0.2) is 0 Å². The van der Waals surface area contributed by atoms with Crippen LogP contribution in [-0.4, -0.2) is 23.5 Å². The number of benzene rings is 1. The van der Waals surface area contributed by atoms with Crippen LogP contribution in [-0.2, 0) is 16.0 Å². The van der Waals surface area contributed by atoms with Gasteiger partial charge in [-0.3, -0.25) is 14.9 Å². The average Bonchev–Trinajstić information content (AvgIpc) is 2.96. The second-order valence-corrected chi connectivity index (χ2v) is 4.63. The number of nitro benzene ring substituents is 1. The molecule has 0 aliphatic rings. The molecule has 0 aliphatic heterocycles. The SMILES string of the molecule is CCOC(=O)C(N)Cc1ccc(-c2ccc([N+](=O)[O-])cc2)o1. The molecule has 0 spiro atoms. The van der Waals surface area contributed by atoms with Gasteiger partial charge in [-0.25, -0.2) is 0 Å². The summed E-state index contributed by atoms with van der Waals surface area (Å²) < 4.78 is 10.4. The Bertz CT molecular complexity index is 663. The number of esters is 1. The molecule has 7 nitrogen and oxygen atoms in total. The van der Waals surface area contributed by atoms with Gasteiger partial charge in [0.25, 0.3) is 5.69 Å². The van der Waals surface area contributed by atoms with Crippen LogP contribution in [0.4, 0.5) is 5.69 Å². The van der Waals surface area contributed by atoms with Crippen LogP contribution in [0.5, 0.6) is 0 Å². The Balaban J connectivity index is 2.07. The summed E-state index contributed by atoms with van der Waals surface area (Å²) in [5, 5.41) is 10.6. The molecule has 1 heterocycles. The summed E-state index contributed by atoms with van der Waals surface area (Å²) in [6, 6.07) is 8.68. The Morgan fingerprint density at radius 3 is 2.59 bits per heavy atom. The van der Waals surface area contributed by atoms with Crippen molar-refractivity contribution in [3.63, 3.8) is 0 Å². The van der Waals surface area contributed by atoms with E-state index < -0.39 is 16.9 Å². The third kappa shape index (κ3) is 3.70. The zero-order chi connectivity index (χ0) is 16.1. The molecule has 0 amide bonds. The Kier molecular flexibility index (Phi) is 4.90. The monoisotopic (exact) mass is 304 g/mol. The standard InChI is InChI=1S/C15H16N2O5/c1-2-21-15(18)13(16)9-12-7-8-14(22-12)10-3-5-11(6-4-10)17(19)20/h3-8,13H,2,9,16H2,1H3. The number of nitrogens with two attached hydrogens (primary N) is 1. The molecule has 116 valence electrons. The molecule has 0 bridgehead atoms. The molecule has 2 rings (SSSR count). The van der Waals surface area contributed by atoms with E-state index in [0.29, 0.717) is 17.1 Å². The minimum atomic E-state index is -0.782. The molecule has 2 N–H and O–H groups in total. The summed E-state index contributed by atoms with van der Waals surface area (Å²) in [6.45, 7) is 1.99. The van der Waals surface area contributed by atoms with Crippen molar-refractivity contribution in [1.29, 1.82) is 0 Å². The Morgan fingerprint density at radius 2 is 2.00 bits per heavy atom. The third-order valence-corrected chi connectivity index (χ3v) is 3.03. The van der Waals surface area contributed by atoms with Crippen molar-refractivity contribution in [2.24, 2.45) is 5.73 Å². The van der Waals surface area contributed by atoms with Gasteiger partial charge in [0.1, 0.15) is 17.6 Å². The van der Waals surface area contributed by atoms with Gasteiger partial charge in [-0.1, -0.05) is 0 Å². The number of nitro groups is 1. The first-order valence-corrected chi connectivity index (χ1v) is 6.77. The van der Waals surface area contributed by atoms with Gasteiger partial charge in [0.2, 0.25) is 0 Å². The summed E-state index contributed by atoms with van der Waals surface area (Å²) in [4.78, 5) is 21.6. The van der Waals surface area contributed by atoms with Crippen LogP contribution in [0.2, 0.25) is 0 Å². The fraction of sp³-hybridized carbons (Fsp3) is 0.267. The van der Waals surface area contributed by atoms with Gasteiger partial charge in [-0.05, 0) is 31.2 Å². The predicted octanol–water partition coefficient (Wildman–Crippen LogP) is 2.29.